The average molecular weight is 303 g/mol. The lowest BCUT2D eigenvalue weighted by atomic mass is 10.1. The van der Waals surface area contributed by atoms with Gasteiger partial charge in [0, 0.05) is 23.5 Å². The molecule has 3 nitrogen and oxygen atoms in total. The van der Waals surface area contributed by atoms with Crippen molar-refractivity contribution in [3.05, 3.63) is 40.3 Å². The zero-order valence-electron chi connectivity index (χ0n) is 12.8. The molecule has 0 aromatic carbocycles. The van der Waals surface area contributed by atoms with Crippen LogP contribution in [0.1, 0.15) is 49.2 Å². The normalized spacial score (nSPS) is 17.4. The van der Waals surface area contributed by atoms with Gasteiger partial charge in [0.05, 0.1) is 11.7 Å². The second kappa shape index (κ2) is 7.23. The summed E-state index contributed by atoms with van der Waals surface area (Å²) in [7, 11) is 0. The average Bonchev–Trinajstić information content (AvgIpc) is 3.21. The number of nitrogens with zero attached hydrogens (tertiary/aromatic N) is 2. The SMILES string of the molecule is CCNC(Cc1ccn(C2CCCC2)n1)Cc1cccs1. The molecule has 21 heavy (non-hydrogen) atoms. The van der Waals surface area contributed by atoms with Crippen molar-refractivity contribution >= 4 is 11.3 Å². The van der Waals surface area contributed by atoms with Crippen LogP contribution in [0.5, 0.6) is 0 Å². The molecule has 3 rings (SSSR count). The van der Waals surface area contributed by atoms with Crippen molar-refractivity contribution in [2.24, 2.45) is 0 Å². The van der Waals surface area contributed by atoms with Crippen molar-refractivity contribution in [2.45, 2.75) is 57.5 Å². The van der Waals surface area contributed by atoms with Gasteiger partial charge in [-0.2, -0.15) is 5.10 Å². The molecule has 0 bridgehead atoms. The van der Waals surface area contributed by atoms with Crippen LogP contribution in [0.3, 0.4) is 0 Å². The van der Waals surface area contributed by atoms with E-state index in [4.69, 9.17) is 5.10 Å². The van der Waals surface area contributed by atoms with Gasteiger partial charge in [-0.3, -0.25) is 4.68 Å². The number of hydrogen-bond acceptors (Lipinski definition) is 3. The van der Waals surface area contributed by atoms with Crippen molar-refractivity contribution in [2.75, 3.05) is 6.54 Å². The van der Waals surface area contributed by atoms with Crippen LogP contribution in [-0.2, 0) is 12.8 Å². The molecule has 114 valence electrons. The molecule has 0 amide bonds. The van der Waals surface area contributed by atoms with E-state index in [1.807, 2.05) is 11.3 Å². The van der Waals surface area contributed by atoms with E-state index in [1.54, 1.807) is 0 Å². The van der Waals surface area contributed by atoms with E-state index in [-0.39, 0.29) is 0 Å². The second-order valence-corrected chi connectivity index (χ2v) is 7.00. The highest BCUT2D eigenvalue weighted by Gasteiger charge is 2.18. The maximum absolute atomic E-state index is 4.82. The molecule has 2 aromatic rings. The van der Waals surface area contributed by atoms with Crippen LogP contribution in [0.15, 0.2) is 29.8 Å². The Hall–Kier alpha value is -1.13. The highest BCUT2D eigenvalue weighted by Crippen LogP contribution is 2.28. The molecular weight excluding hydrogens is 278 g/mol. The first kappa shape index (κ1) is 14.8. The predicted octanol–water partition coefficient (Wildman–Crippen LogP) is 3.82. The minimum Gasteiger partial charge on any atom is -0.314 e. The third-order valence-electron chi connectivity index (χ3n) is 4.34. The molecule has 1 aliphatic carbocycles. The zero-order chi connectivity index (χ0) is 14.5. The number of likely N-dealkylation sites (N-methyl/N-ethyl adjacent to an activating group) is 1. The van der Waals surface area contributed by atoms with Gasteiger partial charge in [-0.15, -0.1) is 11.3 Å². The number of nitrogens with one attached hydrogen (secondary N) is 1. The number of thiophene rings is 1. The molecule has 0 radical (unpaired) electrons. The summed E-state index contributed by atoms with van der Waals surface area (Å²) in [4.78, 5) is 1.45. The summed E-state index contributed by atoms with van der Waals surface area (Å²) in [5.74, 6) is 0. The molecule has 1 atom stereocenters. The molecule has 1 unspecified atom stereocenters. The summed E-state index contributed by atoms with van der Waals surface area (Å²) in [6, 6.07) is 7.70. The fourth-order valence-electron chi connectivity index (χ4n) is 3.29. The van der Waals surface area contributed by atoms with Gasteiger partial charge in [0.15, 0.2) is 0 Å². The van der Waals surface area contributed by atoms with E-state index in [0.717, 1.165) is 19.4 Å². The molecule has 1 saturated carbocycles. The van der Waals surface area contributed by atoms with Gasteiger partial charge in [-0.1, -0.05) is 25.8 Å². The fraction of sp³-hybridized carbons (Fsp3) is 0.588. The molecule has 1 N–H and O–H groups in total. The molecule has 1 aliphatic rings. The number of hydrogen-bond donors (Lipinski definition) is 1. The van der Waals surface area contributed by atoms with Crippen molar-refractivity contribution in [1.82, 2.24) is 15.1 Å². The summed E-state index contributed by atoms with van der Waals surface area (Å²) < 4.78 is 2.20. The maximum Gasteiger partial charge on any atom is 0.0640 e. The fourth-order valence-corrected chi connectivity index (χ4v) is 4.07. The quantitative estimate of drug-likeness (QED) is 0.842. The van der Waals surface area contributed by atoms with Gasteiger partial charge in [0.2, 0.25) is 0 Å². The van der Waals surface area contributed by atoms with Crippen LogP contribution in [0, 0.1) is 0 Å². The summed E-state index contributed by atoms with van der Waals surface area (Å²) in [6.07, 6.45) is 9.61. The molecule has 0 spiro atoms. The first-order valence-electron chi connectivity index (χ1n) is 8.15. The van der Waals surface area contributed by atoms with Crippen LogP contribution >= 0.6 is 11.3 Å². The monoisotopic (exact) mass is 303 g/mol. The van der Waals surface area contributed by atoms with Gasteiger partial charge in [-0.25, -0.2) is 0 Å². The number of rotatable bonds is 7. The van der Waals surface area contributed by atoms with Crippen molar-refractivity contribution < 1.29 is 0 Å². The topological polar surface area (TPSA) is 29.9 Å². The van der Waals surface area contributed by atoms with Gasteiger partial charge in [-0.05, 0) is 43.3 Å². The first-order valence-corrected chi connectivity index (χ1v) is 9.03. The van der Waals surface area contributed by atoms with E-state index < -0.39 is 0 Å². The maximum atomic E-state index is 4.82. The third kappa shape index (κ3) is 3.95. The standard InChI is InChI=1S/C17H25N3S/c1-2-18-15(13-17-8-5-11-21-17)12-14-9-10-20(19-14)16-6-3-4-7-16/h5,8-11,15-16,18H,2-4,6-7,12-13H2,1H3. The minimum atomic E-state index is 0.487. The Balaban J connectivity index is 1.62. The van der Waals surface area contributed by atoms with Crippen molar-refractivity contribution in [1.29, 1.82) is 0 Å². The van der Waals surface area contributed by atoms with Gasteiger partial charge in [0.25, 0.3) is 0 Å². The lowest BCUT2D eigenvalue weighted by Crippen LogP contribution is -2.33. The molecule has 1 fully saturated rings. The van der Waals surface area contributed by atoms with E-state index in [1.165, 1.54) is 36.3 Å². The summed E-state index contributed by atoms with van der Waals surface area (Å²) in [5.41, 5.74) is 1.23. The molecular formula is C17H25N3S. The Bertz CT molecular complexity index is 526. The third-order valence-corrected chi connectivity index (χ3v) is 5.24. The lowest BCUT2D eigenvalue weighted by molar-refractivity contribution is 0.455. The largest absolute Gasteiger partial charge is 0.314 e. The smallest absolute Gasteiger partial charge is 0.0640 e. The first-order chi connectivity index (χ1) is 10.3. The second-order valence-electron chi connectivity index (χ2n) is 5.97. The van der Waals surface area contributed by atoms with Crippen LogP contribution < -0.4 is 5.32 Å². The predicted molar refractivity (Wildman–Crippen MR) is 88.9 cm³/mol. The zero-order valence-corrected chi connectivity index (χ0v) is 13.6. The molecule has 2 aromatic heterocycles. The Labute approximate surface area is 131 Å². The summed E-state index contributed by atoms with van der Waals surface area (Å²) >= 11 is 1.85. The molecule has 0 aliphatic heterocycles. The highest BCUT2D eigenvalue weighted by atomic mass is 32.1. The minimum absolute atomic E-state index is 0.487. The van der Waals surface area contributed by atoms with Crippen molar-refractivity contribution in [3.8, 4) is 0 Å². The summed E-state index contributed by atoms with van der Waals surface area (Å²) in [6.45, 7) is 3.19. The van der Waals surface area contributed by atoms with E-state index in [0.29, 0.717) is 12.1 Å². The molecule has 0 saturated heterocycles. The van der Waals surface area contributed by atoms with E-state index in [9.17, 15) is 0 Å². The Morgan fingerprint density at radius 3 is 2.90 bits per heavy atom. The molecule has 2 heterocycles. The Morgan fingerprint density at radius 1 is 1.33 bits per heavy atom. The van der Waals surface area contributed by atoms with Crippen LogP contribution in [0.2, 0.25) is 0 Å². The van der Waals surface area contributed by atoms with E-state index in [2.05, 4.69) is 46.7 Å². The summed E-state index contributed by atoms with van der Waals surface area (Å²) in [5, 5.41) is 10.6. The van der Waals surface area contributed by atoms with Gasteiger partial charge in [0.1, 0.15) is 0 Å². The van der Waals surface area contributed by atoms with Gasteiger partial charge < -0.3 is 5.32 Å². The Kier molecular flexibility index (Phi) is 5.09. The van der Waals surface area contributed by atoms with Crippen LogP contribution in [0.25, 0.3) is 0 Å². The van der Waals surface area contributed by atoms with Crippen LogP contribution in [-0.4, -0.2) is 22.4 Å². The number of aromatic nitrogens is 2. The van der Waals surface area contributed by atoms with Gasteiger partial charge >= 0.3 is 0 Å². The van der Waals surface area contributed by atoms with E-state index >= 15 is 0 Å². The lowest BCUT2D eigenvalue weighted by Gasteiger charge is -2.16. The molecule has 4 heteroatoms. The Morgan fingerprint density at radius 2 is 2.19 bits per heavy atom. The van der Waals surface area contributed by atoms with Crippen molar-refractivity contribution in [3.63, 3.8) is 0 Å². The van der Waals surface area contributed by atoms with Crippen LogP contribution in [0.4, 0.5) is 0 Å². The highest BCUT2D eigenvalue weighted by molar-refractivity contribution is 7.09.